The molecule has 1 saturated carbocycles. The first-order valence-corrected chi connectivity index (χ1v) is 5.95. The molecule has 1 rings (SSSR count). The quantitative estimate of drug-likeness (QED) is 0.754. The largest absolute Gasteiger partial charge is 0.480 e. The zero-order chi connectivity index (χ0) is 12.4. The van der Waals surface area contributed by atoms with Gasteiger partial charge in [0.25, 0.3) is 0 Å². The molecule has 1 aliphatic carbocycles. The van der Waals surface area contributed by atoms with Crippen LogP contribution >= 0.6 is 0 Å². The van der Waals surface area contributed by atoms with Crippen molar-refractivity contribution < 1.29 is 14.6 Å². The summed E-state index contributed by atoms with van der Waals surface area (Å²) in [6.45, 7) is 6.18. The van der Waals surface area contributed by atoms with Gasteiger partial charge in [0, 0.05) is 6.42 Å². The number of carboxylic acid groups (broad SMARTS) is 1. The van der Waals surface area contributed by atoms with E-state index in [0.717, 1.165) is 12.8 Å². The van der Waals surface area contributed by atoms with Crippen LogP contribution in [0.2, 0.25) is 0 Å². The second-order valence-electron chi connectivity index (χ2n) is 5.23. The summed E-state index contributed by atoms with van der Waals surface area (Å²) in [6, 6.07) is 0. The number of hydrogen-bond acceptors (Lipinski definition) is 3. The molecule has 0 spiro atoms. The van der Waals surface area contributed by atoms with Crippen molar-refractivity contribution >= 4 is 5.97 Å². The molecule has 0 saturated heterocycles. The highest BCUT2D eigenvalue weighted by atomic mass is 16.5. The second kappa shape index (κ2) is 4.72. The Morgan fingerprint density at radius 1 is 1.62 bits per heavy atom. The van der Waals surface area contributed by atoms with E-state index in [9.17, 15) is 9.90 Å². The van der Waals surface area contributed by atoms with E-state index in [1.807, 2.05) is 13.8 Å². The highest BCUT2D eigenvalue weighted by Crippen LogP contribution is 2.34. The molecule has 0 radical (unpaired) electrons. The maximum atomic E-state index is 11.2. The molecule has 2 N–H and O–H groups in total. The first kappa shape index (κ1) is 13.5. The minimum atomic E-state index is -0.783. The minimum Gasteiger partial charge on any atom is -0.480 e. The lowest BCUT2D eigenvalue weighted by molar-refractivity contribution is -0.145. The molecule has 1 fully saturated rings. The summed E-state index contributed by atoms with van der Waals surface area (Å²) in [5.41, 5.74) is -0.943. The van der Waals surface area contributed by atoms with E-state index in [-0.39, 0.29) is 11.7 Å². The molecule has 4 heteroatoms. The lowest BCUT2D eigenvalue weighted by Crippen LogP contribution is -2.48. The molecular weight excluding hydrogens is 206 g/mol. The Morgan fingerprint density at radius 2 is 2.25 bits per heavy atom. The molecule has 2 atom stereocenters. The number of ether oxygens (including phenoxy) is 1. The van der Waals surface area contributed by atoms with Crippen LogP contribution in [0.25, 0.3) is 0 Å². The Labute approximate surface area is 97.4 Å². The Hall–Kier alpha value is -0.610. The van der Waals surface area contributed by atoms with Gasteiger partial charge in [0.15, 0.2) is 0 Å². The summed E-state index contributed by atoms with van der Waals surface area (Å²) in [4.78, 5) is 11.2. The van der Waals surface area contributed by atoms with Crippen molar-refractivity contribution in [2.24, 2.45) is 0 Å². The lowest BCUT2D eigenvalue weighted by atomic mass is 9.98. The zero-order valence-electron chi connectivity index (χ0n) is 10.7. The summed E-state index contributed by atoms with van der Waals surface area (Å²) in [6.07, 6.45) is 3.00. The van der Waals surface area contributed by atoms with Crippen LogP contribution in [0.3, 0.4) is 0 Å². The molecule has 0 bridgehead atoms. The Balaban J connectivity index is 2.61. The first-order chi connectivity index (χ1) is 7.35. The maximum Gasteiger partial charge on any atom is 0.323 e. The standard InChI is InChI=1S/C12H23NO3/c1-5-11(2,3)16-9-6-7-12(8-9,13-4)10(14)15/h9,13H,5-8H2,1-4H3,(H,14,15). The van der Waals surface area contributed by atoms with Crippen LogP contribution in [0.1, 0.15) is 46.5 Å². The number of carbonyl (C=O) groups is 1. The van der Waals surface area contributed by atoms with E-state index in [1.54, 1.807) is 7.05 Å². The van der Waals surface area contributed by atoms with Gasteiger partial charge in [0.1, 0.15) is 5.54 Å². The molecule has 0 aromatic carbocycles. The van der Waals surface area contributed by atoms with E-state index < -0.39 is 11.5 Å². The molecule has 4 nitrogen and oxygen atoms in total. The van der Waals surface area contributed by atoms with Crippen molar-refractivity contribution in [2.45, 2.75) is 63.7 Å². The van der Waals surface area contributed by atoms with Gasteiger partial charge in [-0.15, -0.1) is 0 Å². The maximum absolute atomic E-state index is 11.2. The number of carboxylic acids is 1. The minimum absolute atomic E-state index is 0.0542. The van der Waals surface area contributed by atoms with Gasteiger partial charge in [-0.25, -0.2) is 0 Å². The third-order valence-electron chi connectivity index (χ3n) is 3.69. The second-order valence-corrected chi connectivity index (χ2v) is 5.23. The Bertz CT molecular complexity index is 265. The van der Waals surface area contributed by atoms with E-state index in [1.165, 1.54) is 0 Å². The number of rotatable bonds is 5. The van der Waals surface area contributed by atoms with Gasteiger partial charge in [0.2, 0.25) is 0 Å². The van der Waals surface area contributed by atoms with Crippen molar-refractivity contribution in [3.05, 3.63) is 0 Å². The Morgan fingerprint density at radius 3 is 2.62 bits per heavy atom. The van der Waals surface area contributed by atoms with Crippen molar-refractivity contribution in [1.29, 1.82) is 0 Å². The third kappa shape index (κ3) is 2.74. The van der Waals surface area contributed by atoms with Crippen LogP contribution in [0.4, 0.5) is 0 Å². The van der Waals surface area contributed by atoms with Crippen LogP contribution < -0.4 is 5.32 Å². The average Bonchev–Trinajstić information content (AvgIpc) is 2.62. The van der Waals surface area contributed by atoms with E-state index >= 15 is 0 Å². The van der Waals surface area contributed by atoms with Crippen LogP contribution in [0.5, 0.6) is 0 Å². The third-order valence-corrected chi connectivity index (χ3v) is 3.69. The predicted molar refractivity (Wildman–Crippen MR) is 62.5 cm³/mol. The summed E-state index contributed by atoms with van der Waals surface area (Å²) < 4.78 is 5.95. The fraction of sp³-hybridized carbons (Fsp3) is 0.917. The van der Waals surface area contributed by atoms with Crippen molar-refractivity contribution in [2.75, 3.05) is 7.05 Å². The van der Waals surface area contributed by atoms with Crippen LogP contribution in [0, 0.1) is 0 Å². The van der Waals surface area contributed by atoms with Crippen molar-refractivity contribution in [3.8, 4) is 0 Å². The smallest absolute Gasteiger partial charge is 0.323 e. The van der Waals surface area contributed by atoms with Crippen molar-refractivity contribution in [1.82, 2.24) is 5.32 Å². The van der Waals surface area contributed by atoms with Gasteiger partial charge in [-0.1, -0.05) is 6.92 Å². The van der Waals surface area contributed by atoms with Gasteiger partial charge < -0.3 is 15.2 Å². The van der Waals surface area contributed by atoms with Gasteiger partial charge in [-0.2, -0.15) is 0 Å². The number of hydrogen-bond donors (Lipinski definition) is 2. The average molecular weight is 229 g/mol. The molecule has 0 aromatic heterocycles. The van der Waals surface area contributed by atoms with Crippen molar-refractivity contribution in [3.63, 3.8) is 0 Å². The van der Waals surface area contributed by atoms with Gasteiger partial charge in [-0.3, -0.25) is 4.79 Å². The summed E-state index contributed by atoms with van der Waals surface area (Å²) in [5.74, 6) is -0.768. The molecule has 94 valence electrons. The Kier molecular flexibility index (Phi) is 3.97. The zero-order valence-corrected chi connectivity index (χ0v) is 10.7. The number of nitrogens with one attached hydrogen (secondary N) is 1. The SMILES string of the molecule is CCC(C)(C)OC1CCC(NC)(C(=O)O)C1. The van der Waals surface area contributed by atoms with Crippen LogP contribution in [-0.2, 0) is 9.53 Å². The topological polar surface area (TPSA) is 58.6 Å². The molecule has 0 aliphatic heterocycles. The van der Waals surface area contributed by atoms with E-state index in [4.69, 9.17) is 4.74 Å². The molecular formula is C12H23NO3. The lowest BCUT2D eigenvalue weighted by Gasteiger charge is -2.29. The van der Waals surface area contributed by atoms with Gasteiger partial charge >= 0.3 is 5.97 Å². The molecule has 16 heavy (non-hydrogen) atoms. The predicted octanol–water partition coefficient (Wildman–Crippen LogP) is 1.79. The molecule has 1 aliphatic rings. The normalized spacial score (nSPS) is 30.6. The molecule has 0 aromatic rings. The molecule has 0 amide bonds. The fourth-order valence-corrected chi connectivity index (χ4v) is 2.16. The first-order valence-electron chi connectivity index (χ1n) is 5.95. The molecule has 0 heterocycles. The summed E-state index contributed by atoms with van der Waals surface area (Å²) in [7, 11) is 1.71. The monoisotopic (exact) mass is 229 g/mol. The van der Waals surface area contributed by atoms with Gasteiger partial charge in [-0.05, 0) is 40.2 Å². The fourth-order valence-electron chi connectivity index (χ4n) is 2.16. The summed E-state index contributed by atoms with van der Waals surface area (Å²) in [5, 5.41) is 12.2. The number of likely N-dealkylation sites (N-methyl/N-ethyl adjacent to an activating group) is 1. The van der Waals surface area contributed by atoms with Gasteiger partial charge in [0.05, 0.1) is 11.7 Å². The van der Waals surface area contributed by atoms with E-state index in [2.05, 4.69) is 12.2 Å². The highest BCUT2D eigenvalue weighted by molar-refractivity contribution is 5.79. The van der Waals surface area contributed by atoms with Crippen LogP contribution in [0.15, 0.2) is 0 Å². The molecule has 2 unspecified atom stereocenters. The number of aliphatic carboxylic acids is 1. The van der Waals surface area contributed by atoms with Crippen LogP contribution in [-0.4, -0.2) is 35.4 Å². The highest BCUT2D eigenvalue weighted by Gasteiger charge is 2.45. The van der Waals surface area contributed by atoms with E-state index in [0.29, 0.717) is 12.8 Å². The summed E-state index contributed by atoms with van der Waals surface area (Å²) >= 11 is 0.